The molecule has 0 aliphatic heterocycles. The lowest BCUT2D eigenvalue weighted by molar-refractivity contribution is 0.101. The van der Waals surface area contributed by atoms with Crippen molar-refractivity contribution in [1.82, 2.24) is 0 Å². The largest absolute Gasteiger partial charge is 0.294 e. The SMILES string of the molecule is CC(=O)c1cc(-c2ccccc2)ccc1F. The molecule has 0 fully saturated rings. The lowest BCUT2D eigenvalue weighted by Crippen LogP contribution is -1.97. The molecule has 0 N–H and O–H groups in total. The van der Waals surface area contributed by atoms with Crippen molar-refractivity contribution in [3.05, 3.63) is 59.9 Å². The summed E-state index contributed by atoms with van der Waals surface area (Å²) in [5, 5.41) is 0. The van der Waals surface area contributed by atoms with E-state index in [0.29, 0.717) is 0 Å². The van der Waals surface area contributed by atoms with E-state index in [9.17, 15) is 9.18 Å². The van der Waals surface area contributed by atoms with Gasteiger partial charge in [-0.3, -0.25) is 4.79 Å². The maximum atomic E-state index is 13.3. The Morgan fingerprint density at radius 2 is 1.69 bits per heavy atom. The van der Waals surface area contributed by atoms with Crippen molar-refractivity contribution in [2.75, 3.05) is 0 Å². The first kappa shape index (κ1) is 10.6. The van der Waals surface area contributed by atoms with Crippen molar-refractivity contribution in [2.45, 2.75) is 6.92 Å². The van der Waals surface area contributed by atoms with E-state index in [1.807, 2.05) is 30.3 Å². The van der Waals surface area contributed by atoms with Gasteiger partial charge in [0.25, 0.3) is 0 Å². The topological polar surface area (TPSA) is 17.1 Å². The summed E-state index contributed by atoms with van der Waals surface area (Å²) in [5.41, 5.74) is 1.97. The first-order chi connectivity index (χ1) is 7.68. The molecule has 0 saturated heterocycles. The number of carbonyl (C=O) groups is 1. The van der Waals surface area contributed by atoms with Crippen LogP contribution in [-0.2, 0) is 0 Å². The highest BCUT2D eigenvalue weighted by atomic mass is 19.1. The van der Waals surface area contributed by atoms with E-state index in [1.54, 1.807) is 12.1 Å². The Balaban J connectivity index is 2.52. The molecule has 0 atom stereocenters. The Kier molecular flexibility index (Phi) is 2.82. The smallest absolute Gasteiger partial charge is 0.162 e. The highest BCUT2D eigenvalue weighted by Crippen LogP contribution is 2.21. The van der Waals surface area contributed by atoms with Gasteiger partial charge in [0.15, 0.2) is 5.78 Å². The monoisotopic (exact) mass is 214 g/mol. The van der Waals surface area contributed by atoms with Crippen LogP contribution in [0.5, 0.6) is 0 Å². The summed E-state index contributed by atoms with van der Waals surface area (Å²) in [7, 11) is 0. The van der Waals surface area contributed by atoms with Gasteiger partial charge in [0.05, 0.1) is 5.56 Å². The summed E-state index contributed by atoms with van der Waals surface area (Å²) in [4.78, 5) is 11.2. The minimum absolute atomic E-state index is 0.140. The number of hydrogen-bond acceptors (Lipinski definition) is 1. The Labute approximate surface area is 93.5 Å². The van der Waals surface area contributed by atoms with Gasteiger partial charge in [-0.1, -0.05) is 36.4 Å². The van der Waals surface area contributed by atoms with Crippen molar-refractivity contribution in [3.8, 4) is 11.1 Å². The fraction of sp³-hybridized carbons (Fsp3) is 0.0714. The van der Waals surface area contributed by atoms with Crippen LogP contribution in [-0.4, -0.2) is 5.78 Å². The molecule has 0 unspecified atom stereocenters. The van der Waals surface area contributed by atoms with Crippen LogP contribution in [0.15, 0.2) is 48.5 Å². The van der Waals surface area contributed by atoms with Gasteiger partial charge in [-0.05, 0) is 30.2 Å². The Morgan fingerprint density at radius 3 is 2.31 bits per heavy atom. The molecule has 0 bridgehead atoms. The van der Waals surface area contributed by atoms with Gasteiger partial charge in [0, 0.05) is 0 Å². The zero-order valence-corrected chi connectivity index (χ0v) is 8.91. The van der Waals surface area contributed by atoms with Crippen LogP contribution in [0.2, 0.25) is 0 Å². The first-order valence-electron chi connectivity index (χ1n) is 5.04. The summed E-state index contributed by atoms with van der Waals surface area (Å²) in [6.07, 6.45) is 0. The third kappa shape index (κ3) is 2.01. The van der Waals surface area contributed by atoms with Gasteiger partial charge in [-0.15, -0.1) is 0 Å². The van der Waals surface area contributed by atoms with Crippen LogP contribution in [0.3, 0.4) is 0 Å². The molecular weight excluding hydrogens is 203 g/mol. The second-order valence-electron chi connectivity index (χ2n) is 3.62. The van der Waals surface area contributed by atoms with Gasteiger partial charge in [0.2, 0.25) is 0 Å². The molecule has 1 nitrogen and oxygen atoms in total. The van der Waals surface area contributed by atoms with Gasteiger partial charge in [-0.25, -0.2) is 4.39 Å². The zero-order valence-electron chi connectivity index (χ0n) is 8.91. The Bertz CT molecular complexity index is 518. The number of ketones is 1. The number of benzene rings is 2. The van der Waals surface area contributed by atoms with E-state index in [4.69, 9.17) is 0 Å². The molecule has 80 valence electrons. The zero-order chi connectivity index (χ0) is 11.5. The molecule has 0 aliphatic carbocycles. The number of Topliss-reactive ketones (excluding diaryl/α,β-unsaturated/α-hetero) is 1. The third-order valence-electron chi connectivity index (χ3n) is 2.45. The third-order valence-corrected chi connectivity index (χ3v) is 2.45. The molecule has 0 saturated carbocycles. The van der Waals surface area contributed by atoms with E-state index in [2.05, 4.69) is 0 Å². The van der Waals surface area contributed by atoms with Crippen LogP contribution in [0, 0.1) is 5.82 Å². The van der Waals surface area contributed by atoms with Crippen LogP contribution in [0.1, 0.15) is 17.3 Å². The normalized spacial score (nSPS) is 10.1. The molecule has 2 aromatic rings. The predicted molar refractivity (Wildman–Crippen MR) is 61.8 cm³/mol. The lowest BCUT2D eigenvalue weighted by atomic mass is 10.0. The average molecular weight is 214 g/mol. The van der Waals surface area contributed by atoms with Crippen LogP contribution in [0.4, 0.5) is 4.39 Å². The van der Waals surface area contributed by atoms with Crippen LogP contribution < -0.4 is 0 Å². The fourth-order valence-electron chi connectivity index (χ4n) is 1.61. The van der Waals surface area contributed by atoms with Gasteiger partial charge in [-0.2, -0.15) is 0 Å². The van der Waals surface area contributed by atoms with Gasteiger partial charge >= 0.3 is 0 Å². The minimum atomic E-state index is -0.466. The summed E-state index contributed by atoms with van der Waals surface area (Å²) in [6.45, 7) is 1.37. The van der Waals surface area contributed by atoms with Crippen molar-refractivity contribution in [3.63, 3.8) is 0 Å². The van der Waals surface area contributed by atoms with Crippen molar-refractivity contribution in [2.24, 2.45) is 0 Å². The summed E-state index contributed by atoms with van der Waals surface area (Å²) >= 11 is 0. The van der Waals surface area contributed by atoms with E-state index < -0.39 is 5.82 Å². The van der Waals surface area contributed by atoms with E-state index in [-0.39, 0.29) is 11.3 Å². The molecule has 2 rings (SSSR count). The lowest BCUT2D eigenvalue weighted by Gasteiger charge is -2.04. The maximum Gasteiger partial charge on any atom is 0.162 e. The predicted octanol–water partition coefficient (Wildman–Crippen LogP) is 3.70. The molecule has 16 heavy (non-hydrogen) atoms. The highest BCUT2D eigenvalue weighted by Gasteiger charge is 2.08. The summed E-state index contributed by atoms with van der Waals surface area (Å²) in [6, 6.07) is 14.2. The highest BCUT2D eigenvalue weighted by molar-refractivity contribution is 5.95. The maximum absolute atomic E-state index is 13.3. The van der Waals surface area contributed by atoms with E-state index in [0.717, 1.165) is 11.1 Å². The molecule has 0 aliphatic rings. The first-order valence-corrected chi connectivity index (χ1v) is 5.04. The standard InChI is InChI=1S/C14H11FO/c1-10(16)13-9-12(7-8-14(13)15)11-5-3-2-4-6-11/h2-9H,1H3. The molecule has 2 heteroatoms. The van der Waals surface area contributed by atoms with Gasteiger partial charge in [0.1, 0.15) is 5.82 Å². The molecular formula is C14H11FO. The van der Waals surface area contributed by atoms with Crippen molar-refractivity contribution in [1.29, 1.82) is 0 Å². The summed E-state index contributed by atoms with van der Waals surface area (Å²) < 4.78 is 13.3. The fourth-order valence-corrected chi connectivity index (χ4v) is 1.61. The minimum Gasteiger partial charge on any atom is -0.294 e. The number of carbonyl (C=O) groups excluding carboxylic acids is 1. The Morgan fingerprint density at radius 1 is 1.00 bits per heavy atom. The second-order valence-corrected chi connectivity index (χ2v) is 3.62. The van der Waals surface area contributed by atoms with Crippen molar-refractivity contribution >= 4 is 5.78 Å². The van der Waals surface area contributed by atoms with E-state index >= 15 is 0 Å². The molecule has 2 aromatic carbocycles. The average Bonchev–Trinajstić information content (AvgIpc) is 2.30. The van der Waals surface area contributed by atoms with Crippen molar-refractivity contribution < 1.29 is 9.18 Å². The molecule has 0 heterocycles. The Hall–Kier alpha value is -1.96. The number of rotatable bonds is 2. The molecule has 0 spiro atoms. The van der Waals surface area contributed by atoms with Crippen LogP contribution in [0.25, 0.3) is 11.1 Å². The quantitative estimate of drug-likeness (QED) is 0.697. The number of hydrogen-bond donors (Lipinski definition) is 0. The molecule has 0 amide bonds. The molecule has 0 radical (unpaired) electrons. The van der Waals surface area contributed by atoms with Crippen LogP contribution >= 0.6 is 0 Å². The molecule has 0 aromatic heterocycles. The second kappa shape index (κ2) is 4.27. The summed E-state index contributed by atoms with van der Waals surface area (Å²) in [5.74, 6) is -0.720. The van der Waals surface area contributed by atoms with E-state index in [1.165, 1.54) is 13.0 Å². The van der Waals surface area contributed by atoms with Gasteiger partial charge < -0.3 is 0 Å². The number of halogens is 1.